The Hall–Kier alpha value is -0.120. The van der Waals surface area contributed by atoms with Gasteiger partial charge in [0.1, 0.15) is 5.60 Å². The van der Waals surface area contributed by atoms with Gasteiger partial charge in [0.2, 0.25) is 0 Å². The van der Waals surface area contributed by atoms with Crippen LogP contribution < -0.4 is 0 Å². The molecular weight excluding hydrogens is 228 g/mol. The smallest absolute Gasteiger partial charge is 0.196 e. The summed E-state index contributed by atoms with van der Waals surface area (Å²) in [5.41, 5.74) is -1.28. The van der Waals surface area contributed by atoms with Crippen molar-refractivity contribution in [3.8, 4) is 0 Å². The summed E-state index contributed by atoms with van der Waals surface area (Å²) in [4.78, 5) is 0. The summed E-state index contributed by atoms with van der Waals surface area (Å²) in [6.07, 6.45) is 3.86. The molecule has 2 saturated heterocycles. The van der Waals surface area contributed by atoms with Gasteiger partial charge in [-0.05, 0) is 32.1 Å². The van der Waals surface area contributed by atoms with Crippen LogP contribution in [0.4, 0.5) is 0 Å². The summed E-state index contributed by atoms with van der Waals surface area (Å²) in [6, 6.07) is 0. The molecule has 102 valence electrons. The molecule has 0 aromatic heterocycles. The van der Waals surface area contributed by atoms with Crippen LogP contribution in [0, 0.1) is 22.7 Å². The van der Waals surface area contributed by atoms with E-state index in [-0.39, 0.29) is 22.3 Å². The minimum atomic E-state index is -1.32. The van der Waals surface area contributed by atoms with Crippen molar-refractivity contribution in [1.29, 1.82) is 0 Å². The minimum Gasteiger partial charge on any atom is -0.384 e. The highest BCUT2D eigenvalue weighted by atomic mass is 16.7. The van der Waals surface area contributed by atoms with E-state index in [9.17, 15) is 10.2 Å². The zero-order valence-electron chi connectivity index (χ0n) is 11.8. The molecule has 5 fully saturated rings. The standard InChI is InChI=1S/C15H24O3/c1-9-5-6-14-11(2,3)10-7-13(9,14)8-15(17,18-14)12(10,4)16/h9-10,16-17H,5-8H2,1-4H3/t9-,10?,12?,13+,14-,15?/m1/s1. The number of rotatable bonds is 0. The van der Waals surface area contributed by atoms with Gasteiger partial charge in [0, 0.05) is 23.2 Å². The second-order valence-electron chi connectivity index (χ2n) is 8.11. The van der Waals surface area contributed by atoms with Gasteiger partial charge in [0.25, 0.3) is 0 Å². The highest BCUT2D eigenvalue weighted by Gasteiger charge is 2.87. The molecule has 4 bridgehead atoms. The molecule has 3 unspecified atom stereocenters. The highest BCUT2D eigenvalue weighted by molar-refractivity contribution is 5.33. The van der Waals surface area contributed by atoms with Crippen LogP contribution in [-0.2, 0) is 4.74 Å². The molecule has 3 saturated carbocycles. The molecule has 0 radical (unpaired) electrons. The number of hydrogen-bond donors (Lipinski definition) is 2. The Labute approximate surface area is 109 Å². The van der Waals surface area contributed by atoms with Gasteiger partial charge in [-0.2, -0.15) is 0 Å². The van der Waals surface area contributed by atoms with Crippen molar-refractivity contribution < 1.29 is 14.9 Å². The van der Waals surface area contributed by atoms with Crippen molar-refractivity contribution in [3.05, 3.63) is 0 Å². The monoisotopic (exact) mass is 252 g/mol. The van der Waals surface area contributed by atoms with Crippen molar-refractivity contribution in [2.24, 2.45) is 22.7 Å². The first-order valence-electron chi connectivity index (χ1n) is 7.28. The predicted octanol–water partition coefficient (Wildman–Crippen LogP) is 2.06. The second-order valence-corrected chi connectivity index (χ2v) is 8.11. The van der Waals surface area contributed by atoms with Crippen LogP contribution in [0.15, 0.2) is 0 Å². The molecule has 5 aliphatic rings. The fraction of sp³-hybridized carbons (Fsp3) is 1.00. The molecule has 2 heterocycles. The van der Waals surface area contributed by atoms with Crippen LogP contribution in [0.25, 0.3) is 0 Å². The van der Waals surface area contributed by atoms with E-state index in [1.54, 1.807) is 6.92 Å². The lowest BCUT2D eigenvalue weighted by atomic mass is 9.61. The van der Waals surface area contributed by atoms with E-state index in [2.05, 4.69) is 20.8 Å². The molecular formula is C15H24O3. The van der Waals surface area contributed by atoms with Crippen molar-refractivity contribution >= 4 is 0 Å². The van der Waals surface area contributed by atoms with E-state index in [0.29, 0.717) is 12.3 Å². The third kappa shape index (κ3) is 0.763. The van der Waals surface area contributed by atoms with Crippen LogP contribution >= 0.6 is 0 Å². The van der Waals surface area contributed by atoms with E-state index in [4.69, 9.17) is 4.74 Å². The van der Waals surface area contributed by atoms with Gasteiger partial charge in [-0.1, -0.05) is 20.8 Å². The van der Waals surface area contributed by atoms with E-state index in [1.165, 1.54) is 6.42 Å². The van der Waals surface area contributed by atoms with E-state index in [0.717, 1.165) is 12.8 Å². The van der Waals surface area contributed by atoms with Gasteiger partial charge < -0.3 is 14.9 Å². The van der Waals surface area contributed by atoms with Crippen molar-refractivity contribution in [2.75, 3.05) is 0 Å². The molecule has 0 amide bonds. The lowest BCUT2D eigenvalue weighted by Gasteiger charge is -2.56. The van der Waals surface area contributed by atoms with Crippen molar-refractivity contribution in [1.82, 2.24) is 0 Å². The fourth-order valence-electron chi connectivity index (χ4n) is 6.45. The summed E-state index contributed by atoms with van der Waals surface area (Å²) in [5.74, 6) is -0.590. The molecule has 6 atom stereocenters. The van der Waals surface area contributed by atoms with Crippen LogP contribution in [0.5, 0.6) is 0 Å². The third-order valence-electron chi connectivity index (χ3n) is 7.52. The van der Waals surface area contributed by atoms with Crippen LogP contribution in [0.1, 0.15) is 53.4 Å². The molecule has 3 aliphatic carbocycles. The lowest BCUT2D eigenvalue weighted by Crippen LogP contribution is -2.67. The quantitative estimate of drug-likeness (QED) is 0.694. The molecule has 5 rings (SSSR count). The zero-order chi connectivity index (χ0) is 13.2. The van der Waals surface area contributed by atoms with Crippen molar-refractivity contribution in [3.63, 3.8) is 0 Å². The largest absolute Gasteiger partial charge is 0.384 e. The molecule has 3 heteroatoms. The average molecular weight is 252 g/mol. The maximum Gasteiger partial charge on any atom is 0.196 e. The average Bonchev–Trinajstić information content (AvgIpc) is 2.70. The van der Waals surface area contributed by atoms with Crippen LogP contribution in [0.2, 0.25) is 0 Å². The Morgan fingerprint density at radius 3 is 2.44 bits per heavy atom. The van der Waals surface area contributed by atoms with Crippen molar-refractivity contribution in [2.45, 2.75) is 70.4 Å². The topological polar surface area (TPSA) is 49.7 Å². The maximum atomic E-state index is 10.8. The molecule has 2 aliphatic heterocycles. The van der Waals surface area contributed by atoms with Crippen LogP contribution in [0.3, 0.4) is 0 Å². The molecule has 2 N–H and O–H groups in total. The maximum absolute atomic E-state index is 10.8. The summed E-state index contributed by atoms with van der Waals surface area (Å²) in [6.45, 7) is 8.54. The molecule has 2 spiro atoms. The van der Waals surface area contributed by atoms with E-state index >= 15 is 0 Å². The summed E-state index contributed by atoms with van der Waals surface area (Å²) in [7, 11) is 0. The number of ether oxygens (including phenoxy) is 1. The van der Waals surface area contributed by atoms with Gasteiger partial charge in [0.05, 0.1) is 5.60 Å². The predicted molar refractivity (Wildman–Crippen MR) is 66.7 cm³/mol. The molecule has 3 nitrogen and oxygen atoms in total. The molecule has 18 heavy (non-hydrogen) atoms. The van der Waals surface area contributed by atoms with E-state index < -0.39 is 11.4 Å². The van der Waals surface area contributed by atoms with Gasteiger partial charge in [-0.25, -0.2) is 0 Å². The second kappa shape index (κ2) is 2.55. The SMILES string of the molecule is C[C@@H]1CC[C@]23OC4(O)C[C@@]12CC(C4(C)O)C3(C)C. The zero-order valence-corrected chi connectivity index (χ0v) is 11.8. The summed E-state index contributed by atoms with van der Waals surface area (Å²) >= 11 is 0. The number of aliphatic hydroxyl groups is 2. The minimum absolute atomic E-state index is 0.0516. The van der Waals surface area contributed by atoms with Gasteiger partial charge in [-0.15, -0.1) is 0 Å². The highest BCUT2D eigenvalue weighted by Crippen LogP contribution is 2.82. The Kier molecular flexibility index (Phi) is 1.65. The first kappa shape index (κ1) is 11.7. The molecule has 0 aromatic carbocycles. The number of hydrogen-bond acceptors (Lipinski definition) is 3. The summed E-state index contributed by atoms with van der Waals surface area (Å²) in [5, 5.41) is 21.6. The van der Waals surface area contributed by atoms with E-state index in [1.807, 2.05) is 0 Å². The molecule has 0 aromatic rings. The van der Waals surface area contributed by atoms with Gasteiger partial charge >= 0.3 is 0 Å². The van der Waals surface area contributed by atoms with Gasteiger partial charge in [-0.3, -0.25) is 0 Å². The first-order valence-corrected chi connectivity index (χ1v) is 7.28. The Balaban J connectivity index is 1.99. The van der Waals surface area contributed by atoms with Gasteiger partial charge in [0.15, 0.2) is 5.79 Å². The Morgan fingerprint density at radius 2 is 1.83 bits per heavy atom. The Morgan fingerprint density at radius 1 is 1.17 bits per heavy atom. The normalized spacial score (nSPS) is 67.7. The third-order valence-corrected chi connectivity index (χ3v) is 7.52. The fourth-order valence-corrected chi connectivity index (χ4v) is 6.45. The lowest BCUT2D eigenvalue weighted by molar-refractivity contribution is -0.371. The Bertz CT molecular complexity index is 443. The summed E-state index contributed by atoms with van der Waals surface area (Å²) < 4.78 is 6.25. The van der Waals surface area contributed by atoms with Crippen LogP contribution in [-0.4, -0.2) is 27.2 Å². The first-order chi connectivity index (χ1) is 8.13.